The van der Waals surface area contributed by atoms with Crippen molar-refractivity contribution in [1.82, 2.24) is 15.0 Å². The van der Waals surface area contributed by atoms with Crippen molar-refractivity contribution >= 4 is 34.2 Å². The summed E-state index contributed by atoms with van der Waals surface area (Å²) in [7, 11) is 0. The number of anilines is 2. The number of hydrogen-bond donors (Lipinski definition) is 3. The molecule has 3 N–H and O–H groups in total. The third kappa shape index (κ3) is 3.79. The van der Waals surface area contributed by atoms with Crippen LogP contribution in [0.3, 0.4) is 0 Å². The summed E-state index contributed by atoms with van der Waals surface area (Å²) in [5, 5.41) is 15.7. The van der Waals surface area contributed by atoms with Crippen molar-refractivity contribution < 1.29 is 9.59 Å². The Morgan fingerprint density at radius 1 is 1.06 bits per heavy atom. The van der Waals surface area contributed by atoms with Crippen LogP contribution in [0.25, 0.3) is 22.0 Å². The number of fused-ring (bicyclic) bond motifs is 1. The predicted octanol–water partition coefficient (Wildman–Crippen LogP) is 4.10. The van der Waals surface area contributed by atoms with Crippen LogP contribution >= 0.6 is 0 Å². The summed E-state index contributed by atoms with van der Waals surface area (Å²) in [5.74, 6) is 0.296. The van der Waals surface area contributed by atoms with E-state index in [0.29, 0.717) is 17.1 Å². The lowest BCUT2D eigenvalue weighted by atomic mass is 10.1. The highest BCUT2D eigenvalue weighted by atomic mass is 16.2. The van der Waals surface area contributed by atoms with Crippen LogP contribution in [0, 0.1) is 17.2 Å². The lowest BCUT2D eigenvalue weighted by molar-refractivity contribution is -0.117. The summed E-state index contributed by atoms with van der Waals surface area (Å²) in [6.07, 6.45) is 6.82. The molecule has 3 aromatic heterocycles. The molecule has 0 atom stereocenters. The highest BCUT2D eigenvalue weighted by Crippen LogP contribution is 2.34. The molecule has 1 aromatic carbocycles. The monoisotopic (exact) mass is 422 g/mol. The smallest absolute Gasteiger partial charge is 0.255 e. The molecule has 5 rings (SSSR count). The Kier molecular flexibility index (Phi) is 4.84. The molecule has 0 aliphatic heterocycles. The van der Waals surface area contributed by atoms with Gasteiger partial charge in [0.1, 0.15) is 17.6 Å². The van der Waals surface area contributed by atoms with Crippen LogP contribution in [-0.2, 0) is 4.79 Å². The second-order valence-electron chi connectivity index (χ2n) is 7.62. The lowest BCUT2D eigenvalue weighted by Crippen LogP contribution is -2.14. The molecule has 1 aliphatic rings. The first-order chi connectivity index (χ1) is 15.6. The van der Waals surface area contributed by atoms with Crippen molar-refractivity contribution in [3.63, 3.8) is 0 Å². The van der Waals surface area contributed by atoms with Gasteiger partial charge in [0, 0.05) is 41.0 Å². The van der Waals surface area contributed by atoms with Gasteiger partial charge in [0.15, 0.2) is 0 Å². The molecule has 1 fully saturated rings. The van der Waals surface area contributed by atoms with E-state index in [1.165, 1.54) is 12.3 Å². The largest absolute Gasteiger partial charge is 0.359 e. The molecular formula is C24H18N6O2. The van der Waals surface area contributed by atoms with E-state index in [1.54, 1.807) is 18.3 Å². The van der Waals surface area contributed by atoms with E-state index >= 15 is 0 Å². The Morgan fingerprint density at radius 3 is 2.72 bits per heavy atom. The summed E-state index contributed by atoms with van der Waals surface area (Å²) in [4.78, 5) is 36.2. The molecular weight excluding hydrogens is 404 g/mol. The molecule has 1 saturated carbocycles. The van der Waals surface area contributed by atoms with Crippen LogP contribution in [0.1, 0.15) is 28.9 Å². The van der Waals surface area contributed by atoms with Crippen molar-refractivity contribution in [3.8, 4) is 17.2 Å². The lowest BCUT2D eigenvalue weighted by Gasteiger charge is -2.08. The molecule has 0 unspecified atom stereocenters. The number of carbonyl (C=O) groups excluding carboxylic acids is 2. The minimum absolute atomic E-state index is 0.00856. The first-order valence-corrected chi connectivity index (χ1v) is 10.2. The number of H-pyrrole nitrogens is 1. The number of nitrogens with one attached hydrogen (secondary N) is 3. The Morgan fingerprint density at radius 2 is 1.91 bits per heavy atom. The molecule has 0 spiro atoms. The molecule has 8 nitrogen and oxygen atoms in total. The van der Waals surface area contributed by atoms with E-state index in [-0.39, 0.29) is 23.4 Å². The van der Waals surface area contributed by atoms with Gasteiger partial charge in [-0.25, -0.2) is 9.97 Å². The number of rotatable bonds is 5. The number of carbonyl (C=O) groups is 2. The summed E-state index contributed by atoms with van der Waals surface area (Å²) in [5.41, 5.74) is 3.74. The average Bonchev–Trinajstić information content (AvgIpc) is 3.58. The number of nitriles is 1. The van der Waals surface area contributed by atoms with Gasteiger partial charge in [-0.2, -0.15) is 5.26 Å². The molecule has 0 bridgehead atoms. The van der Waals surface area contributed by atoms with Gasteiger partial charge in [-0.05, 0) is 48.7 Å². The van der Waals surface area contributed by atoms with Crippen molar-refractivity contribution in [2.45, 2.75) is 12.8 Å². The Hall–Kier alpha value is -4.51. The average molecular weight is 422 g/mol. The number of benzene rings is 1. The minimum atomic E-state index is -0.332. The van der Waals surface area contributed by atoms with Crippen molar-refractivity contribution in [3.05, 3.63) is 72.3 Å². The molecule has 32 heavy (non-hydrogen) atoms. The van der Waals surface area contributed by atoms with E-state index in [9.17, 15) is 9.59 Å². The predicted molar refractivity (Wildman–Crippen MR) is 120 cm³/mol. The first-order valence-electron chi connectivity index (χ1n) is 10.2. The zero-order valence-corrected chi connectivity index (χ0v) is 16.9. The van der Waals surface area contributed by atoms with Gasteiger partial charge in [0.05, 0.1) is 11.2 Å². The fourth-order valence-corrected chi connectivity index (χ4v) is 3.57. The van der Waals surface area contributed by atoms with Gasteiger partial charge in [-0.1, -0.05) is 12.1 Å². The number of aromatic nitrogens is 3. The van der Waals surface area contributed by atoms with E-state index in [4.69, 9.17) is 5.26 Å². The third-order valence-electron chi connectivity index (χ3n) is 5.37. The zero-order chi connectivity index (χ0) is 22.1. The second kappa shape index (κ2) is 7.96. The quantitative estimate of drug-likeness (QED) is 0.447. The fraction of sp³-hybridized carbons (Fsp3) is 0.125. The highest BCUT2D eigenvalue weighted by molar-refractivity contribution is 6.10. The van der Waals surface area contributed by atoms with Gasteiger partial charge in [0.25, 0.3) is 5.91 Å². The first kappa shape index (κ1) is 19.5. The Balaban J connectivity index is 1.44. The number of aromatic amines is 1. The number of amides is 2. The third-order valence-corrected chi connectivity index (χ3v) is 5.37. The zero-order valence-electron chi connectivity index (χ0n) is 16.9. The molecule has 1 aliphatic carbocycles. The maximum absolute atomic E-state index is 12.7. The van der Waals surface area contributed by atoms with Crippen LogP contribution in [0.15, 0.2) is 61.1 Å². The van der Waals surface area contributed by atoms with Gasteiger partial charge in [-0.3, -0.25) is 9.59 Å². The standard InChI is InChI=1S/C24H18N6O2/c25-12-17-10-16(7-8-26-17)24(32)29-20-3-1-2-18-19(13-28-22(18)20)15-6-9-27-21(11-15)30-23(31)14-4-5-14/h1-3,6-11,13-14,28H,4-5H2,(H,29,32)(H,27,30,31). The second-order valence-corrected chi connectivity index (χ2v) is 7.62. The maximum Gasteiger partial charge on any atom is 0.255 e. The SMILES string of the molecule is N#Cc1cc(C(=O)Nc2cccc3c(-c4ccnc(NC(=O)C5CC5)c4)c[nH]c23)ccn1. The van der Waals surface area contributed by atoms with Crippen LogP contribution in [-0.4, -0.2) is 26.8 Å². The summed E-state index contributed by atoms with van der Waals surface area (Å²) in [6.45, 7) is 0. The van der Waals surface area contributed by atoms with Crippen LogP contribution in [0.5, 0.6) is 0 Å². The molecule has 3 heterocycles. The topological polar surface area (TPSA) is 124 Å². The number of hydrogen-bond acceptors (Lipinski definition) is 5. The number of nitrogens with zero attached hydrogens (tertiary/aromatic N) is 3. The van der Waals surface area contributed by atoms with E-state index < -0.39 is 0 Å². The van der Waals surface area contributed by atoms with E-state index in [2.05, 4.69) is 25.6 Å². The van der Waals surface area contributed by atoms with E-state index in [1.807, 2.05) is 36.5 Å². The van der Waals surface area contributed by atoms with Gasteiger partial charge >= 0.3 is 0 Å². The summed E-state index contributed by atoms with van der Waals surface area (Å²) in [6, 6.07) is 14.3. The van der Waals surface area contributed by atoms with Crippen LogP contribution in [0.2, 0.25) is 0 Å². The van der Waals surface area contributed by atoms with Gasteiger partial charge < -0.3 is 15.6 Å². The van der Waals surface area contributed by atoms with Gasteiger partial charge in [-0.15, -0.1) is 0 Å². The van der Waals surface area contributed by atoms with Crippen molar-refractivity contribution in [1.29, 1.82) is 5.26 Å². The fourth-order valence-electron chi connectivity index (χ4n) is 3.57. The number of pyridine rings is 2. The summed E-state index contributed by atoms with van der Waals surface area (Å²) < 4.78 is 0. The molecule has 0 radical (unpaired) electrons. The molecule has 2 amide bonds. The summed E-state index contributed by atoms with van der Waals surface area (Å²) >= 11 is 0. The van der Waals surface area contributed by atoms with Gasteiger partial charge in [0.2, 0.25) is 5.91 Å². The number of para-hydroxylation sites is 1. The van der Waals surface area contributed by atoms with E-state index in [0.717, 1.165) is 34.9 Å². The van der Waals surface area contributed by atoms with Crippen LogP contribution in [0.4, 0.5) is 11.5 Å². The molecule has 0 saturated heterocycles. The molecule has 8 heteroatoms. The highest BCUT2D eigenvalue weighted by Gasteiger charge is 2.29. The van der Waals surface area contributed by atoms with Crippen LogP contribution < -0.4 is 10.6 Å². The molecule has 4 aromatic rings. The molecule has 156 valence electrons. The van der Waals surface area contributed by atoms with Crippen molar-refractivity contribution in [2.75, 3.05) is 10.6 Å². The Bertz CT molecular complexity index is 1400. The van der Waals surface area contributed by atoms with Crippen molar-refractivity contribution in [2.24, 2.45) is 5.92 Å². The normalized spacial score (nSPS) is 12.8. The minimum Gasteiger partial charge on any atom is -0.359 e. The maximum atomic E-state index is 12.7. The Labute approximate surface area is 183 Å².